The number of amides is 1. The number of aliphatic hydroxyl groups excluding tert-OH is 1. The summed E-state index contributed by atoms with van der Waals surface area (Å²) < 4.78 is 10.8. The molecule has 1 atom stereocenters. The molecule has 164 valence electrons. The topological polar surface area (TPSA) is 96.3 Å². The largest absolute Gasteiger partial charge is 0.506 e. The third-order valence-electron chi connectivity index (χ3n) is 5.31. The lowest BCUT2D eigenvalue weighted by Crippen LogP contribution is -2.29. The first-order chi connectivity index (χ1) is 15.4. The number of aliphatic hydroxyl groups is 1. The average molecular weight is 452 g/mol. The van der Waals surface area contributed by atoms with Crippen molar-refractivity contribution in [2.45, 2.75) is 13.0 Å². The van der Waals surface area contributed by atoms with Crippen LogP contribution in [0.4, 0.5) is 5.69 Å². The minimum absolute atomic E-state index is 0.110. The van der Waals surface area contributed by atoms with Crippen LogP contribution >= 0.6 is 11.3 Å². The van der Waals surface area contributed by atoms with Crippen molar-refractivity contribution in [3.8, 4) is 17.2 Å². The number of benzene rings is 2. The van der Waals surface area contributed by atoms with Gasteiger partial charge in [-0.25, -0.2) is 0 Å². The van der Waals surface area contributed by atoms with Gasteiger partial charge in [-0.15, -0.1) is 11.3 Å². The molecule has 1 saturated heterocycles. The molecule has 32 heavy (non-hydrogen) atoms. The molecular weight excluding hydrogens is 430 g/mol. The normalized spacial score (nSPS) is 17.6. The molecule has 2 aromatic carbocycles. The number of phenols is 1. The minimum atomic E-state index is -0.933. The average Bonchev–Trinajstić information content (AvgIpc) is 3.41. The Morgan fingerprint density at radius 3 is 2.31 bits per heavy atom. The first-order valence-corrected chi connectivity index (χ1v) is 10.6. The number of hydrogen-bond acceptors (Lipinski definition) is 7. The molecule has 0 aliphatic carbocycles. The van der Waals surface area contributed by atoms with Gasteiger partial charge in [-0.05, 0) is 48.2 Å². The van der Waals surface area contributed by atoms with E-state index in [1.807, 2.05) is 12.3 Å². The van der Waals surface area contributed by atoms with E-state index in [0.29, 0.717) is 4.88 Å². The van der Waals surface area contributed by atoms with Crippen molar-refractivity contribution >= 4 is 34.5 Å². The quantitative estimate of drug-likeness (QED) is 0.339. The summed E-state index contributed by atoms with van der Waals surface area (Å²) in [4.78, 5) is 28.3. The number of ether oxygens (including phenoxy) is 2. The van der Waals surface area contributed by atoms with Crippen molar-refractivity contribution in [2.75, 3.05) is 19.1 Å². The van der Waals surface area contributed by atoms with Crippen molar-refractivity contribution in [3.05, 3.63) is 75.5 Å². The standard InChI is InChI=1S/C24H21NO6S/c1-13-9-10-15(26)14(12-13)25-21(18-8-5-11-32-18)20(23(28)24(25)29)22(27)19-16(30-2)6-4-7-17(19)31-3/h4-12,21,26-27H,1-3H3/b22-20+. The highest BCUT2D eigenvalue weighted by atomic mass is 32.1. The first-order valence-electron chi connectivity index (χ1n) is 9.74. The van der Waals surface area contributed by atoms with Crippen LogP contribution in [0.3, 0.4) is 0 Å². The summed E-state index contributed by atoms with van der Waals surface area (Å²) in [7, 11) is 2.87. The zero-order valence-corrected chi connectivity index (χ0v) is 18.5. The Hall–Kier alpha value is -3.78. The number of aryl methyl sites for hydroxylation is 1. The molecule has 1 amide bonds. The van der Waals surface area contributed by atoms with Crippen LogP contribution in [0, 0.1) is 6.92 Å². The van der Waals surface area contributed by atoms with Crippen LogP contribution in [-0.4, -0.2) is 36.1 Å². The number of anilines is 1. The van der Waals surface area contributed by atoms with Gasteiger partial charge in [0.2, 0.25) is 0 Å². The number of phenolic OH excluding ortho intramolecular Hbond substituents is 1. The highest BCUT2D eigenvalue weighted by molar-refractivity contribution is 7.10. The fourth-order valence-corrected chi connectivity index (χ4v) is 4.67. The predicted molar refractivity (Wildman–Crippen MR) is 121 cm³/mol. The van der Waals surface area contributed by atoms with Gasteiger partial charge in [-0.2, -0.15) is 0 Å². The molecule has 2 N–H and O–H groups in total. The first kappa shape index (κ1) is 21.5. The summed E-state index contributed by atoms with van der Waals surface area (Å²) in [5.41, 5.74) is 1.05. The Kier molecular flexibility index (Phi) is 5.63. The number of carbonyl (C=O) groups excluding carboxylic acids is 2. The van der Waals surface area contributed by atoms with Crippen LogP contribution in [0.15, 0.2) is 59.5 Å². The van der Waals surface area contributed by atoms with Crippen molar-refractivity contribution in [3.63, 3.8) is 0 Å². The Bertz CT molecular complexity index is 1210. The molecular formula is C24H21NO6S. The Morgan fingerprint density at radius 2 is 1.72 bits per heavy atom. The minimum Gasteiger partial charge on any atom is -0.506 e. The molecule has 0 bridgehead atoms. The molecule has 1 aliphatic heterocycles. The van der Waals surface area contributed by atoms with Gasteiger partial charge in [0.15, 0.2) is 0 Å². The zero-order chi connectivity index (χ0) is 23.0. The van der Waals surface area contributed by atoms with Gasteiger partial charge in [0, 0.05) is 4.88 Å². The third-order valence-corrected chi connectivity index (χ3v) is 6.24. The maximum atomic E-state index is 13.2. The van der Waals surface area contributed by atoms with Crippen LogP contribution in [-0.2, 0) is 9.59 Å². The maximum absolute atomic E-state index is 13.2. The van der Waals surface area contributed by atoms with Gasteiger partial charge in [-0.1, -0.05) is 18.2 Å². The molecule has 0 saturated carbocycles. The van der Waals surface area contributed by atoms with Gasteiger partial charge in [-0.3, -0.25) is 14.5 Å². The lowest BCUT2D eigenvalue weighted by molar-refractivity contribution is -0.132. The summed E-state index contributed by atoms with van der Waals surface area (Å²) in [5.74, 6) is -1.69. The SMILES string of the molecule is COc1cccc(OC)c1/C(O)=C1\C(=O)C(=O)N(c2cc(C)ccc2O)C1c1cccs1. The molecule has 7 nitrogen and oxygen atoms in total. The van der Waals surface area contributed by atoms with E-state index < -0.39 is 23.5 Å². The summed E-state index contributed by atoms with van der Waals surface area (Å²) >= 11 is 1.33. The summed E-state index contributed by atoms with van der Waals surface area (Å²) in [5, 5.41) is 23.7. The number of hydrogen-bond donors (Lipinski definition) is 2. The van der Waals surface area contributed by atoms with E-state index >= 15 is 0 Å². The lowest BCUT2D eigenvalue weighted by Gasteiger charge is -2.25. The van der Waals surface area contributed by atoms with Gasteiger partial charge < -0.3 is 19.7 Å². The number of ketones is 1. The van der Waals surface area contributed by atoms with Crippen molar-refractivity contribution in [1.29, 1.82) is 0 Å². The number of methoxy groups -OCH3 is 2. The van der Waals surface area contributed by atoms with Gasteiger partial charge in [0.25, 0.3) is 11.7 Å². The summed E-state index contributed by atoms with van der Waals surface area (Å²) in [6, 6.07) is 12.4. The van der Waals surface area contributed by atoms with Gasteiger partial charge in [0.05, 0.1) is 25.5 Å². The number of Topliss-reactive ketones (excluding diaryl/α,β-unsaturated/α-hetero) is 1. The molecule has 1 aliphatic rings. The summed E-state index contributed by atoms with van der Waals surface area (Å²) in [6.45, 7) is 1.82. The lowest BCUT2D eigenvalue weighted by atomic mass is 9.98. The van der Waals surface area contributed by atoms with Gasteiger partial charge >= 0.3 is 0 Å². The molecule has 2 heterocycles. The Balaban J connectivity index is 2.02. The van der Waals surface area contributed by atoms with E-state index in [2.05, 4.69) is 0 Å². The fraction of sp³-hybridized carbons (Fsp3) is 0.167. The highest BCUT2D eigenvalue weighted by Gasteiger charge is 2.48. The van der Waals surface area contributed by atoms with E-state index in [0.717, 1.165) is 5.56 Å². The van der Waals surface area contributed by atoms with E-state index in [1.54, 1.807) is 42.5 Å². The van der Waals surface area contributed by atoms with Gasteiger partial charge in [0.1, 0.15) is 34.6 Å². The van der Waals surface area contributed by atoms with Crippen molar-refractivity contribution < 1.29 is 29.3 Å². The number of aromatic hydroxyl groups is 1. The van der Waals surface area contributed by atoms with Crippen LogP contribution in [0.2, 0.25) is 0 Å². The van der Waals surface area contributed by atoms with E-state index in [9.17, 15) is 19.8 Å². The Labute approximate surface area is 188 Å². The number of rotatable bonds is 5. The predicted octanol–water partition coefficient (Wildman–Crippen LogP) is 4.41. The molecule has 4 rings (SSSR count). The number of carbonyl (C=O) groups is 2. The monoisotopic (exact) mass is 451 g/mol. The molecule has 0 spiro atoms. The van der Waals surface area contributed by atoms with Crippen LogP contribution in [0.5, 0.6) is 17.2 Å². The molecule has 0 radical (unpaired) electrons. The maximum Gasteiger partial charge on any atom is 0.300 e. The third kappa shape index (κ3) is 3.38. The fourth-order valence-electron chi connectivity index (χ4n) is 3.84. The second-order valence-corrected chi connectivity index (χ2v) is 8.19. The molecule has 8 heteroatoms. The zero-order valence-electron chi connectivity index (χ0n) is 17.7. The smallest absolute Gasteiger partial charge is 0.300 e. The van der Waals surface area contributed by atoms with E-state index in [4.69, 9.17) is 9.47 Å². The van der Waals surface area contributed by atoms with Crippen molar-refractivity contribution in [2.24, 2.45) is 0 Å². The second kappa shape index (κ2) is 8.39. The molecule has 3 aromatic rings. The van der Waals surface area contributed by atoms with Crippen LogP contribution < -0.4 is 14.4 Å². The van der Waals surface area contributed by atoms with E-state index in [-0.39, 0.29) is 34.1 Å². The van der Waals surface area contributed by atoms with Crippen LogP contribution in [0.25, 0.3) is 5.76 Å². The molecule has 1 unspecified atom stereocenters. The number of thiophene rings is 1. The molecule has 1 fully saturated rings. The Morgan fingerprint density at radius 1 is 1.03 bits per heavy atom. The summed E-state index contributed by atoms with van der Waals surface area (Å²) in [6.07, 6.45) is 0. The number of nitrogens with zero attached hydrogens (tertiary/aromatic N) is 1. The van der Waals surface area contributed by atoms with E-state index in [1.165, 1.54) is 36.5 Å². The highest BCUT2D eigenvalue weighted by Crippen LogP contribution is 2.47. The van der Waals surface area contributed by atoms with Crippen molar-refractivity contribution in [1.82, 2.24) is 0 Å². The molecule has 1 aromatic heterocycles. The van der Waals surface area contributed by atoms with Crippen LogP contribution in [0.1, 0.15) is 22.0 Å². The second-order valence-electron chi connectivity index (χ2n) is 7.21.